The quantitative estimate of drug-likeness (QED) is 0.746. The maximum Gasteiger partial charge on any atom is 0.248 e. The second kappa shape index (κ2) is 6.70. The van der Waals surface area contributed by atoms with Gasteiger partial charge in [0.15, 0.2) is 0 Å². The number of benzene rings is 1. The number of aromatic nitrogens is 2. The number of anilines is 1. The number of nitrogens with one attached hydrogen (secondary N) is 1. The molecule has 0 aliphatic rings. The molecule has 0 spiro atoms. The van der Waals surface area contributed by atoms with Crippen molar-refractivity contribution in [3.05, 3.63) is 72.6 Å². The van der Waals surface area contributed by atoms with Crippen molar-refractivity contribution in [2.24, 2.45) is 0 Å². The summed E-state index contributed by atoms with van der Waals surface area (Å²) in [5.74, 6) is 1.11. The van der Waals surface area contributed by atoms with Gasteiger partial charge in [0.05, 0.1) is 12.0 Å². The van der Waals surface area contributed by atoms with Gasteiger partial charge >= 0.3 is 0 Å². The summed E-state index contributed by atoms with van der Waals surface area (Å²) in [5, 5.41) is 2.82. The van der Waals surface area contributed by atoms with Gasteiger partial charge in [-0.05, 0) is 43.3 Å². The molecule has 1 amide bonds. The van der Waals surface area contributed by atoms with Gasteiger partial charge in [0.1, 0.15) is 11.6 Å². The molecule has 0 saturated carbocycles. The van der Waals surface area contributed by atoms with Crippen LogP contribution in [0.1, 0.15) is 11.6 Å². The monoisotopic (exact) mass is 305 g/mol. The van der Waals surface area contributed by atoms with Gasteiger partial charge < -0.3 is 9.73 Å². The first kappa shape index (κ1) is 14.7. The maximum atomic E-state index is 11.9. The van der Waals surface area contributed by atoms with Crippen molar-refractivity contribution >= 4 is 17.7 Å². The normalized spacial score (nSPS) is 10.8. The fourth-order valence-corrected chi connectivity index (χ4v) is 2.10. The number of carbonyl (C=O) groups excluding carboxylic acids is 1. The van der Waals surface area contributed by atoms with E-state index in [1.807, 2.05) is 37.3 Å². The molecule has 1 aromatic carbocycles. The number of amides is 1. The molecule has 0 unspecified atom stereocenters. The molecule has 0 fully saturated rings. The number of furan rings is 1. The predicted octanol–water partition coefficient (Wildman–Crippen LogP) is 3.70. The Morgan fingerprint density at radius 2 is 2.13 bits per heavy atom. The summed E-state index contributed by atoms with van der Waals surface area (Å²) in [5.41, 5.74) is 2.44. The van der Waals surface area contributed by atoms with Crippen molar-refractivity contribution in [1.29, 1.82) is 0 Å². The Bertz CT molecular complexity index is 839. The average Bonchev–Trinajstić information content (AvgIpc) is 3.07. The van der Waals surface area contributed by atoms with Crippen molar-refractivity contribution in [2.75, 3.05) is 5.32 Å². The number of hydrogen-bond donors (Lipinski definition) is 1. The summed E-state index contributed by atoms with van der Waals surface area (Å²) in [6, 6.07) is 12.9. The van der Waals surface area contributed by atoms with Gasteiger partial charge in [0, 0.05) is 23.5 Å². The minimum absolute atomic E-state index is 0.225. The molecule has 23 heavy (non-hydrogen) atoms. The van der Waals surface area contributed by atoms with Crippen molar-refractivity contribution < 1.29 is 9.21 Å². The maximum absolute atomic E-state index is 11.9. The molecular formula is C18H15N3O2. The van der Waals surface area contributed by atoms with Crippen LogP contribution >= 0.6 is 0 Å². The summed E-state index contributed by atoms with van der Waals surface area (Å²) in [4.78, 5) is 20.4. The Morgan fingerprint density at radius 1 is 1.22 bits per heavy atom. The Morgan fingerprint density at radius 3 is 2.91 bits per heavy atom. The zero-order valence-electron chi connectivity index (χ0n) is 12.6. The standard InChI is InChI=1S/C18H15N3O2/c1-13-19-10-9-17(20-13)14-4-2-5-15(12-14)21-18(22)8-7-16-6-3-11-23-16/h2-12H,1H3,(H,21,22). The van der Waals surface area contributed by atoms with Crippen LogP contribution in [0.15, 0.2) is 65.4 Å². The summed E-state index contributed by atoms with van der Waals surface area (Å²) in [6.45, 7) is 1.84. The smallest absolute Gasteiger partial charge is 0.248 e. The SMILES string of the molecule is Cc1nccc(-c2cccc(NC(=O)C=Cc3ccco3)c2)n1. The molecule has 5 heteroatoms. The van der Waals surface area contributed by atoms with E-state index >= 15 is 0 Å². The summed E-state index contributed by atoms with van der Waals surface area (Å²) in [7, 11) is 0. The van der Waals surface area contributed by atoms with E-state index in [9.17, 15) is 4.79 Å². The lowest BCUT2D eigenvalue weighted by atomic mass is 10.1. The van der Waals surface area contributed by atoms with E-state index in [0.717, 1.165) is 11.3 Å². The first-order chi connectivity index (χ1) is 11.2. The van der Waals surface area contributed by atoms with E-state index < -0.39 is 0 Å². The Kier molecular flexibility index (Phi) is 4.29. The Hall–Kier alpha value is -3.21. The summed E-state index contributed by atoms with van der Waals surface area (Å²) < 4.78 is 5.14. The molecule has 3 rings (SSSR count). The van der Waals surface area contributed by atoms with Gasteiger partial charge in [-0.3, -0.25) is 4.79 Å². The van der Waals surface area contributed by atoms with E-state index in [1.165, 1.54) is 6.08 Å². The molecule has 2 heterocycles. The third-order valence-corrected chi connectivity index (χ3v) is 3.14. The first-order valence-electron chi connectivity index (χ1n) is 7.13. The Balaban J connectivity index is 1.74. The lowest BCUT2D eigenvalue weighted by Gasteiger charge is -2.06. The second-order valence-corrected chi connectivity index (χ2v) is 4.91. The largest absolute Gasteiger partial charge is 0.465 e. The van der Waals surface area contributed by atoms with Crippen LogP contribution < -0.4 is 5.32 Å². The minimum Gasteiger partial charge on any atom is -0.465 e. The molecule has 0 bridgehead atoms. The summed E-state index contributed by atoms with van der Waals surface area (Å²) in [6.07, 6.45) is 6.33. The van der Waals surface area contributed by atoms with Crippen molar-refractivity contribution in [3.63, 3.8) is 0 Å². The van der Waals surface area contributed by atoms with Crippen LogP contribution in [0.3, 0.4) is 0 Å². The molecule has 1 N–H and O–H groups in total. The lowest BCUT2D eigenvalue weighted by Crippen LogP contribution is -2.07. The van der Waals surface area contributed by atoms with E-state index in [-0.39, 0.29) is 5.91 Å². The number of carbonyl (C=O) groups is 1. The highest BCUT2D eigenvalue weighted by Gasteiger charge is 2.03. The molecule has 0 aliphatic heterocycles. The van der Waals surface area contributed by atoms with Crippen molar-refractivity contribution in [2.45, 2.75) is 6.92 Å². The Labute approximate surface area is 133 Å². The van der Waals surface area contributed by atoms with Crippen LogP contribution in [-0.2, 0) is 4.79 Å². The zero-order chi connectivity index (χ0) is 16.1. The van der Waals surface area contributed by atoms with E-state index in [0.29, 0.717) is 17.3 Å². The average molecular weight is 305 g/mol. The van der Waals surface area contributed by atoms with Gasteiger partial charge in [-0.25, -0.2) is 9.97 Å². The molecule has 0 aliphatic carbocycles. The van der Waals surface area contributed by atoms with Crippen LogP contribution in [0.25, 0.3) is 17.3 Å². The highest BCUT2D eigenvalue weighted by atomic mass is 16.3. The van der Waals surface area contributed by atoms with Crippen LogP contribution in [0.5, 0.6) is 0 Å². The van der Waals surface area contributed by atoms with Crippen molar-refractivity contribution in [1.82, 2.24) is 9.97 Å². The fourth-order valence-electron chi connectivity index (χ4n) is 2.10. The van der Waals surface area contributed by atoms with E-state index in [2.05, 4.69) is 15.3 Å². The van der Waals surface area contributed by atoms with Crippen molar-refractivity contribution in [3.8, 4) is 11.3 Å². The van der Waals surface area contributed by atoms with E-state index in [4.69, 9.17) is 4.42 Å². The molecule has 3 aromatic rings. The highest BCUT2D eigenvalue weighted by Crippen LogP contribution is 2.20. The summed E-state index contributed by atoms with van der Waals surface area (Å²) >= 11 is 0. The highest BCUT2D eigenvalue weighted by molar-refractivity contribution is 6.02. The van der Waals surface area contributed by atoms with Crippen LogP contribution in [0.4, 0.5) is 5.69 Å². The number of aryl methyl sites for hydroxylation is 1. The molecule has 0 radical (unpaired) electrons. The molecule has 2 aromatic heterocycles. The number of rotatable bonds is 4. The molecular weight excluding hydrogens is 290 g/mol. The molecule has 0 saturated heterocycles. The van der Waals surface area contributed by atoms with Gasteiger partial charge in [-0.15, -0.1) is 0 Å². The topological polar surface area (TPSA) is 68.0 Å². The van der Waals surface area contributed by atoms with Gasteiger partial charge in [0.25, 0.3) is 0 Å². The first-order valence-corrected chi connectivity index (χ1v) is 7.13. The molecule has 114 valence electrons. The third-order valence-electron chi connectivity index (χ3n) is 3.14. The predicted molar refractivity (Wildman–Crippen MR) is 88.6 cm³/mol. The van der Waals surface area contributed by atoms with Gasteiger partial charge in [-0.1, -0.05) is 12.1 Å². The van der Waals surface area contributed by atoms with Crippen LogP contribution in [0.2, 0.25) is 0 Å². The van der Waals surface area contributed by atoms with Crippen LogP contribution in [0, 0.1) is 6.92 Å². The number of hydrogen-bond acceptors (Lipinski definition) is 4. The second-order valence-electron chi connectivity index (χ2n) is 4.91. The van der Waals surface area contributed by atoms with E-state index in [1.54, 1.807) is 30.7 Å². The van der Waals surface area contributed by atoms with Gasteiger partial charge in [0.2, 0.25) is 5.91 Å². The molecule has 0 atom stereocenters. The fraction of sp³-hybridized carbons (Fsp3) is 0.0556. The third kappa shape index (κ3) is 3.91. The minimum atomic E-state index is -0.225. The van der Waals surface area contributed by atoms with Gasteiger partial charge in [-0.2, -0.15) is 0 Å². The number of nitrogens with zero attached hydrogens (tertiary/aromatic N) is 2. The zero-order valence-corrected chi connectivity index (χ0v) is 12.6. The lowest BCUT2D eigenvalue weighted by molar-refractivity contribution is -0.111. The van der Waals surface area contributed by atoms with Crippen LogP contribution in [-0.4, -0.2) is 15.9 Å². The molecule has 5 nitrogen and oxygen atoms in total.